The number of thioether (sulfide) groups is 1. The molecule has 7 heteroatoms. The topological polar surface area (TPSA) is 55.4 Å². The van der Waals surface area contributed by atoms with Gasteiger partial charge in [-0.3, -0.25) is 14.9 Å². The second kappa shape index (κ2) is 7.52. The first kappa shape index (κ1) is 17.9. The van der Waals surface area contributed by atoms with Crippen LogP contribution in [0.4, 0.5) is 4.79 Å². The number of carbonyl (C=O) groups is 2. The summed E-state index contributed by atoms with van der Waals surface area (Å²) in [4.78, 5) is 23.1. The Morgan fingerprint density at radius 2 is 1.88 bits per heavy atom. The maximum absolute atomic E-state index is 11.6. The maximum Gasteiger partial charge on any atom is 0.290 e. The van der Waals surface area contributed by atoms with Crippen LogP contribution in [0.25, 0.3) is 6.08 Å². The third kappa shape index (κ3) is 4.37. The Morgan fingerprint density at radius 3 is 2.48 bits per heavy atom. The second-order valence-electron chi connectivity index (χ2n) is 5.44. The molecule has 0 saturated carbocycles. The molecule has 1 heterocycles. The molecule has 1 fully saturated rings. The van der Waals surface area contributed by atoms with Crippen LogP contribution in [-0.2, 0) is 11.4 Å². The molecule has 1 aliphatic heterocycles. The van der Waals surface area contributed by atoms with Gasteiger partial charge in [0.15, 0.2) is 5.75 Å². The largest absolute Gasteiger partial charge is 0.486 e. The van der Waals surface area contributed by atoms with Gasteiger partial charge in [-0.05, 0) is 48.0 Å². The summed E-state index contributed by atoms with van der Waals surface area (Å²) in [6.45, 7) is 2.35. The number of benzene rings is 2. The van der Waals surface area contributed by atoms with Gasteiger partial charge >= 0.3 is 0 Å². The molecule has 25 heavy (non-hydrogen) atoms. The molecular weight excluding hydrogens is 381 g/mol. The highest BCUT2D eigenvalue weighted by atomic mass is 35.5. The van der Waals surface area contributed by atoms with Crippen LogP contribution in [0.5, 0.6) is 5.75 Å². The van der Waals surface area contributed by atoms with Gasteiger partial charge in [-0.2, -0.15) is 0 Å². The van der Waals surface area contributed by atoms with Crippen LogP contribution in [0.15, 0.2) is 41.3 Å². The molecule has 1 N–H and O–H groups in total. The SMILES string of the molecule is Cc1cccc(COc2c(Cl)cc(/C=C3\SC(=O)NC3=O)cc2Cl)c1. The number of ether oxygens (including phenoxy) is 1. The van der Waals surface area contributed by atoms with Crippen molar-refractivity contribution in [3.8, 4) is 5.75 Å². The van der Waals surface area contributed by atoms with Gasteiger partial charge in [0, 0.05) is 0 Å². The number of hydrogen-bond donors (Lipinski definition) is 1. The van der Waals surface area contributed by atoms with Crippen LogP contribution in [0.3, 0.4) is 0 Å². The minimum Gasteiger partial charge on any atom is -0.486 e. The highest BCUT2D eigenvalue weighted by molar-refractivity contribution is 8.18. The van der Waals surface area contributed by atoms with Crippen molar-refractivity contribution in [3.05, 3.63) is 68.0 Å². The van der Waals surface area contributed by atoms with Gasteiger partial charge in [-0.25, -0.2) is 0 Å². The van der Waals surface area contributed by atoms with E-state index in [9.17, 15) is 9.59 Å². The van der Waals surface area contributed by atoms with Gasteiger partial charge in [-0.1, -0.05) is 53.0 Å². The Kier molecular flexibility index (Phi) is 5.37. The minimum atomic E-state index is -0.429. The molecule has 0 radical (unpaired) electrons. The smallest absolute Gasteiger partial charge is 0.290 e. The van der Waals surface area contributed by atoms with E-state index in [1.807, 2.05) is 31.2 Å². The number of carbonyl (C=O) groups excluding carboxylic acids is 2. The van der Waals surface area contributed by atoms with Crippen LogP contribution in [0.1, 0.15) is 16.7 Å². The zero-order chi connectivity index (χ0) is 18.0. The molecular formula is C18H13Cl2NO3S. The van der Waals surface area contributed by atoms with Crippen LogP contribution >= 0.6 is 35.0 Å². The van der Waals surface area contributed by atoms with Gasteiger partial charge in [0.1, 0.15) is 6.61 Å². The number of amides is 2. The van der Waals surface area contributed by atoms with Crippen molar-refractivity contribution in [2.24, 2.45) is 0 Å². The first-order chi connectivity index (χ1) is 11.9. The predicted molar refractivity (Wildman–Crippen MR) is 101 cm³/mol. The third-order valence-electron chi connectivity index (χ3n) is 3.43. The maximum atomic E-state index is 11.6. The van der Waals surface area contributed by atoms with Crippen LogP contribution in [0, 0.1) is 6.92 Å². The molecule has 2 aromatic rings. The summed E-state index contributed by atoms with van der Waals surface area (Å²) in [6.07, 6.45) is 1.56. The summed E-state index contributed by atoms with van der Waals surface area (Å²) < 4.78 is 5.75. The molecule has 0 unspecified atom stereocenters. The van der Waals surface area contributed by atoms with Gasteiger partial charge in [-0.15, -0.1) is 0 Å². The number of aryl methyl sites for hydroxylation is 1. The molecule has 2 amide bonds. The molecule has 1 aliphatic rings. The lowest BCUT2D eigenvalue weighted by molar-refractivity contribution is -0.115. The quantitative estimate of drug-likeness (QED) is 0.724. The van der Waals surface area contributed by atoms with Crippen molar-refractivity contribution in [2.45, 2.75) is 13.5 Å². The number of nitrogens with one attached hydrogen (secondary N) is 1. The normalized spacial score (nSPS) is 15.6. The van der Waals surface area contributed by atoms with E-state index in [0.29, 0.717) is 32.9 Å². The van der Waals surface area contributed by atoms with E-state index in [0.717, 1.165) is 22.9 Å². The van der Waals surface area contributed by atoms with E-state index in [1.165, 1.54) is 0 Å². The van der Waals surface area contributed by atoms with Crippen molar-refractivity contribution < 1.29 is 14.3 Å². The van der Waals surface area contributed by atoms with Crippen molar-refractivity contribution >= 4 is 52.2 Å². The van der Waals surface area contributed by atoms with Gasteiger partial charge < -0.3 is 4.74 Å². The average molecular weight is 394 g/mol. The molecule has 3 rings (SSSR count). The van der Waals surface area contributed by atoms with E-state index < -0.39 is 11.1 Å². The Labute approximate surface area is 159 Å². The summed E-state index contributed by atoms with van der Waals surface area (Å²) in [7, 11) is 0. The third-order valence-corrected chi connectivity index (χ3v) is 4.80. The zero-order valence-corrected chi connectivity index (χ0v) is 15.5. The lowest BCUT2D eigenvalue weighted by atomic mass is 10.1. The van der Waals surface area contributed by atoms with E-state index in [2.05, 4.69) is 5.32 Å². The first-order valence-electron chi connectivity index (χ1n) is 7.34. The van der Waals surface area contributed by atoms with Gasteiger partial charge in [0.05, 0.1) is 15.0 Å². The van der Waals surface area contributed by atoms with Crippen LogP contribution < -0.4 is 10.1 Å². The van der Waals surface area contributed by atoms with E-state index in [4.69, 9.17) is 27.9 Å². The number of halogens is 2. The fourth-order valence-corrected chi connectivity index (χ4v) is 3.63. The standard InChI is InChI=1S/C18H13Cl2NO3S/c1-10-3-2-4-11(5-10)9-24-16-13(19)6-12(7-14(16)20)8-15-17(22)21-18(23)25-15/h2-8H,9H2,1H3,(H,21,22,23)/b15-8-. The number of rotatable bonds is 4. The van der Waals surface area contributed by atoms with Crippen molar-refractivity contribution in [2.75, 3.05) is 0 Å². The average Bonchev–Trinajstić information content (AvgIpc) is 2.84. The summed E-state index contributed by atoms with van der Waals surface area (Å²) >= 11 is 13.4. The van der Waals surface area contributed by atoms with Crippen molar-refractivity contribution in [1.82, 2.24) is 5.32 Å². The Bertz CT molecular complexity index is 873. The second-order valence-corrected chi connectivity index (χ2v) is 7.27. The summed E-state index contributed by atoms with van der Waals surface area (Å²) in [6, 6.07) is 11.2. The number of hydrogen-bond acceptors (Lipinski definition) is 4. The zero-order valence-electron chi connectivity index (χ0n) is 13.1. The van der Waals surface area contributed by atoms with Crippen LogP contribution in [0.2, 0.25) is 10.0 Å². The lowest BCUT2D eigenvalue weighted by Gasteiger charge is -2.11. The Balaban J connectivity index is 1.80. The molecule has 0 atom stereocenters. The fourth-order valence-electron chi connectivity index (χ4n) is 2.33. The molecule has 0 aromatic heterocycles. The molecule has 2 aromatic carbocycles. The summed E-state index contributed by atoms with van der Waals surface area (Å²) in [5.41, 5.74) is 2.77. The predicted octanol–water partition coefficient (Wildman–Crippen LogP) is 5.20. The summed E-state index contributed by atoms with van der Waals surface area (Å²) in [5.74, 6) is -0.0476. The minimum absolute atomic E-state index is 0.297. The van der Waals surface area contributed by atoms with Crippen molar-refractivity contribution in [1.29, 1.82) is 0 Å². The van der Waals surface area contributed by atoms with E-state index >= 15 is 0 Å². The van der Waals surface area contributed by atoms with Crippen molar-refractivity contribution in [3.63, 3.8) is 0 Å². The fraction of sp³-hybridized carbons (Fsp3) is 0.111. The molecule has 4 nitrogen and oxygen atoms in total. The van der Waals surface area contributed by atoms with E-state index in [-0.39, 0.29) is 0 Å². The Hall–Kier alpha value is -1.95. The molecule has 0 spiro atoms. The first-order valence-corrected chi connectivity index (χ1v) is 8.92. The van der Waals surface area contributed by atoms with Gasteiger partial charge in [0.2, 0.25) is 0 Å². The molecule has 0 bridgehead atoms. The highest BCUT2D eigenvalue weighted by Gasteiger charge is 2.25. The number of imide groups is 1. The molecule has 1 saturated heterocycles. The van der Waals surface area contributed by atoms with Crippen LogP contribution in [-0.4, -0.2) is 11.1 Å². The molecule has 128 valence electrons. The van der Waals surface area contributed by atoms with E-state index in [1.54, 1.807) is 18.2 Å². The lowest BCUT2D eigenvalue weighted by Crippen LogP contribution is -2.17. The Morgan fingerprint density at radius 1 is 1.16 bits per heavy atom. The van der Waals surface area contributed by atoms with Gasteiger partial charge in [0.25, 0.3) is 11.1 Å². The summed E-state index contributed by atoms with van der Waals surface area (Å²) in [5, 5.41) is 2.47. The highest BCUT2D eigenvalue weighted by Crippen LogP contribution is 2.36. The monoisotopic (exact) mass is 393 g/mol. The molecule has 0 aliphatic carbocycles.